The molecular formula is C12H22N4S. The summed E-state index contributed by atoms with van der Waals surface area (Å²) >= 11 is 1.83. The molecule has 0 saturated heterocycles. The van der Waals surface area contributed by atoms with Gasteiger partial charge in [-0.1, -0.05) is 19.3 Å². The van der Waals surface area contributed by atoms with Gasteiger partial charge < -0.3 is 10.3 Å². The Kier molecular flexibility index (Phi) is 4.86. The third kappa shape index (κ3) is 3.22. The summed E-state index contributed by atoms with van der Waals surface area (Å²) in [6.45, 7) is 0. The Morgan fingerprint density at radius 2 is 2.24 bits per heavy atom. The molecule has 1 aliphatic rings. The van der Waals surface area contributed by atoms with E-state index in [1.54, 1.807) is 0 Å². The third-order valence-electron chi connectivity index (χ3n) is 3.53. The van der Waals surface area contributed by atoms with Crippen LogP contribution in [0, 0.1) is 0 Å². The lowest BCUT2D eigenvalue weighted by Crippen LogP contribution is -2.21. The summed E-state index contributed by atoms with van der Waals surface area (Å²) in [7, 11) is 0. The largest absolute Gasteiger partial charge is 0.321 e. The van der Waals surface area contributed by atoms with Gasteiger partial charge in [0.15, 0.2) is 0 Å². The normalized spacial score (nSPS) is 19.4. The summed E-state index contributed by atoms with van der Waals surface area (Å²) in [6.07, 6.45) is 11.5. The lowest BCUT2D eigenvalue weighted by molar-refractivity contribution is 0.339. The van der Waals surface area contributed by atoms with Crippen molar-refractivity contribution >= 4 is 11.8 Å². The lowest BCUT2D eigenvalue weighted by atomic mass is 9.95. The zero-order valence-electron chi connectivity index (χ0n) is 10.5. The average Bonchev–Trinajstić information content (AvgIpc) is 2.86. The van der Waals surface area contributed by atoms with E-state index in [0.29, 0.717) is 6.04 Å². The van der Waals surface area contributed by atoms with E-state index in [1.807, 2.05) is 18.1 Å². The SMILES string of the molecule is CSCC[C@@H](N)c1nncn1C1CCCCC1. The molecular weight excluding hydrogens is 232 g/mol. The molecule has 2 rings (SSSR count). The molecule has 4 nitrogen and oxygen atoms in total. The topological polar surface area (TPSA) is 56.7 Å². The monoisotopic (exact) mass is 254 g/mol. The number of nitrogens with two attached hydrogens (primary N) is 1. The zero-order valence-corrected chi connectivity index (χ0v) is 11.3. The molecule has 0 amide bonds. The Balaban J connectivity index is 2.04. The molecule has 0 radical (unpaired) electrons. The van der Waals surface area contributed by atoms with E-state index in [9.17, 15) is 0 Å². The highest BCUT2D eigenvalue weighted by atomic mass is 32.2. The first-order chi connectivity index (χ1) is 8.33. The van der Waals surface area contributed by atoms with Crippen LogP contribution < -0.4 is 5.73 Å². The van der Waals surface area contributed by atoms with Crippen LogP contribution in [-0.2, 0) is 0 Å². The summed E-state index contributed by atoms with van der Waals surface area (Å²) in [6, 6.07) is 0.612. The quantitative estimate of drug-likeness (QED) is 0.877. The molecule has 1 heterocycles. The van der Waals surface area contributed by atoms with Gasteiger partial charge in [0.2, 0.25) is 0 Å². The van der Waals surface area contributed by atoms with Crippen LogP contribution in [-0.4, -0.2) is 26.8 Å². The number of hydrogen-bond donors (Lipinski definition) is 1. The molecule has 0 bridgehead atoms. The van der Waals surface area contributed by atoms with E-state index >= 15 is 0 Å². The van der Waals surface area contributed by atoms with Crippen molar-refractivity contribution in [1.82, 2.24) is 14.8 Å². The van der Waals surface area contributed by atoms with Crippen LogP contribution >= 0.6 is 11.8 Å². The molecule has 0 aromatic carbocycles. The maximum absolute atomic E-state index is 6.20. The van der Waals surface area contributed by atoms with Gasteiger partial charge in [-0.05, 0) is 31.3 Å². The summed E-state index contributed by atoms with van der Waals surface area (Å²) < 4.78 is 2.23. The van der Waals surface area contributed by atoms with E-state index in [1.165, 1.54) is 32.1 Å². The van der Waals surface area contributed by atoms with Gasteiger partial charge in [0, 0.05) is 6.04 Å². The minimum Gasteiger partial charge on any atom is -0.321 e. The molecule has 0 spiro atoms. The Morgan fingerprint density at radius 3 is 2.94 bits per heavy atom. The fourth-order valence-corrected chi connectivity index (χ4v) is 3.02. The van der Waals surface area contributed by atoms with Gasteiger partial charge in [-0.3, -0.25) is 0 Å². The predicted molar refractivity (Wildman–Crippen MR) is 72.1 cm³/mol. The van der Waals surface area contributed by atoms with Crippen LogP contribution in [0.15, 0.2) is 6.33 Å². The van der Waals surface area contributed by atoms with Crippen molar-refractivity contribution in [2.24, 2.45) is 5.73 Å². The Morgan fingerprint density at radius 1 is 1.47 bits per heavy atom. The fourth-order valence-electron chi connectivity index (χ4n) is 2.53. The first-order valence-electron chi connectivity index (χ1n) is 6.47. The number of rotatable bonds is 5. The average molecular weight is 254 g/mol. The molecule has 0 unspecified atom stereocenters. The molecule has 1 aromatic heterocycles. The molecule has 1 saturated carbocycles. The summed E-state index contributed by atoms with van der Waals surface area (Å²) in [5.74, 6) is 2.06. The molecule has 1 aliphatic carbocycles. The van der Waals surface area contributed by atoms with Crippen LogP contribution in [0.25, 0.3) is 0 Å². The number of aromatic nitrogens is 3. The number of thioether (sulfide) groups is 1. The minimum atomic E-state index is 0.0341. The Bertz CT molecular complexity index is 333. The second-order valence-electron chi connectivity index (χ2n) is 4.78. The predicted octanol–water partition coefficient (Wildman–Crippen LogP) is 2.54. The van der Waals surface area contributed by atoms with Crippen LogP contribution in [0.1, 0.15) is 56.4 Å². The smallest absolute Gasteiger partial charge is 0.150 e. The van der Waals surface area contributed by atoms with Crippen molar-refractivity contribution in [2.75, 3.05) is 12.0 Å². The van der Waals surface area contributed by atoms with Gasteiger partial charge in [0.25, 0.3) is 0 Å². The van der Waals surface area contributed by atoms with Gasteiger partial charge in [-0.25, -0.2) is 0 Å². The fraction of sp³-hybridized carbons (Fsp3) is 0.833. The van der Waals surface area contributed by atoms with E-state index < -0.39 is 0 Å². The maximum Gasteiger partial charge on any atom is 0.150 e. The van der Waals surface area contributed by atoms with Gasteiger partial charge in [0.1, 0.15) is 12.2 Å². The number of nitrogens with zero attached hydrogens (tertiary/aromatic N) is 3. The lowest BCUT2D eigenvalue weighted by Gasteiger charge is -2.25. The first kappa shape index (κ1) is 12.9. The van der Waals surface area contributed by atoms with Gasteiger partial charge >= 0.3 is 0 Å². The molecule has 5 heteroatoms. The van der Waals surface area contributed by atoms with E-state index in [-0.39, 0.29) is 6.04 Å². The highest BCUT2D eigenvalue weighted by Crippen LogP contribution is 2.30. The summed E-state index contributed by atoms with van der Waals surface area (Å²) in [4.78, 5) is 0. The molecule has 1 fully saturated rings. The summed E-state index contributed by atoms with van der Waals surface area (Å²) in [5, 5.41) is 8.28. The van der Waals surface area contributed by atoms with Crippen molar-refractivity contribution in [3.05, 3.63) is 12.2 Å². The second-order valence-corrected chi connectivity index (χ2v) is 5.76. The van der Waals surface area contributed by atoms with E-state index in [2.05, 4.69) is 21.0 Å². The Labute approximate surface area is 107 Å². The Hall–Kier alpha value is -0.550. The third-order valence-corrected chi connectivity index (χ3v) is 4.18. The maximum atomic E-state index is 6.20. The summed E-state index contributed by atoms with van der Waals surface area (Å²) in [5.41, 5.74) is 6.20. The second kappa shape index (κ2) is 6.40. The first-order valence-corrected chi connectivity index (χ1v) is 7.86. The van der Waals surface area contributed by atoms with Crippen LogP contribution in [0.3, 0.4) is 0 Å². The van der Waals surface area contributed by atoms with E-state index in [4.69, 9.17) is 5.73 Å². The van der Waals surface area contributed by atoms with Crippen LogP contribution in [0.5, 0.6) is 0 Å². The molecule has 0 aliphatic heterocycles. The van der Waals surface area contributed by atoms with Gasteiger partial charge in [-0.15, -0.1) is 10.2 Å². The standard InChI is InChI=1S/C12H22N4S/c1-17-8-7-11(13)12-15-14-9-16(12)10-5-3-2-4-6-10/h9-11H,2-8,13H2,1H3/t11-/m1/s1. The van der Waals surface area contributed by atoms with Crippen molar-refractivity contribution in [3.8, 4) is 0 Å². The molecule has 2 N–H and O–H groups in total. The van der Waals surface area contributed by atoms with E-state index in [0.717, 1.165) is 18.0 Å². The molecule has 1 aromatic rings. The highest BCUT2D eigenvalue weighted by Gasteiger charge is 2.21. The molecule has 17 heavy (non-hydrogen) atoms. The highest BCUT2D eigenvalue weighted by molar-refractivity contribution is 7.98. The van der Waals surface area contributed by atoms with Crippen LogP contribution in [0.2, 0.25) is 0 Å². The van der Waals surface area contributed by atoms with Gasteiger partial charge in [0.05, 0.1) is 6.04 Å². The molecule has 96 valence electrons. The minimum absolute atomic E-state index is 0.0341. The van der Waals surface area contributed by atoms with Gasteiger partial charge in [-0.2, -0.15) is 11.8 Å². The van der Waals surface area contributed by atoms with Crippen LogP contribution in [0.4, 0.5) is 0 Å². The van der Waals surface area contributed by atoms with Crippen molar-refractivity contribution in [1.29, 1.82) is 0 Å². The van der Waals surface area contributed by atoms with Crippen molar-refractivity contribution in [2.45, 2.75) is 50.6 Å². The zero-order chi connectivity index (χ0) is 12.1. The van der Waals surface area contributed by atoms with Crippen molar-refractivity contribution in [3.63, 3.8) is 0 Å². The molecule has 1 atom stereocenters. The number of hydrogen-bond acceptors (Lipinski definition) is 4. The van der Waals surface area contributed by atoms with Crippen molar-refractivity contribution < 1.29 is 0 Å².